The van der Waals surface area contributed by atoms with Gasteiger partial charge in [-0.25, -0.2) is 28.1 Å². The first kappa shape index (κ1) is 32.3. The molecule has 2 aliphatic rings. The van der Waals surface area contributed by atoms with Crippen LogP contribution in [0, 0.1) is 23.3 Å². The van der Waals surface area contributed by atoms with Crippen molar-refractivity contribution in [1.82, 2.24) is 9.97 Å². The van der Waals surface area contributed by atoms with Crippen molar-refractivity contribution in [3.8, 4) is 0 Å². The monoisotopic (exact) mass is 644 g/mol. The summed E-state index contributed by atoms with van der Waals surface area (Å²) in [7, 11) is 0. The molecule has 4 heterocycles. The third kappa shape index (κ3) is 6.21. The number of halogens is 5. The molecule has 10 heteroatoms. The number of fused-ring (bicyclic) bond motifs is 5. The van der Waals surface area contributed by atoms with Crippen molar-refractivity contribution in [3.05, 3.63) is 153 Å². The standard InChI is InChI=1S/C34H23F5N4S.C2H6/c1-17-3-4-18(2)27(29-30(35)32(37)34(44)33(38)31(29)36)24-12-10-22(41-24)16-23-11-14-26(42-23)28(25-13-9-21(15-17)40-25)19-5-7-20(43-39)8-6-19;1-2/h3-16,40-41,43-44H,2H2,1H3;1-2H3/b4-3-,17-15+,22-16-,27-24+,28-26-;. The Morgan fingerprint density at radius 1 is 0.761 bits per heavy atom. The Kier molecular flexibility index (Phi) is 9.48. The van der Waals surface area contributed by atoms with Crippen LogP contribution in [0.1, 0.15) is 43.3 Å². The van der Waals surface area contributed by atoms with Crippen LogP contribution in [0.4, 0.5) is 27.7 Å². The van der Waals surface area contributed by atoms with E-state index in [9.17, 15) is 13.3 Å². The summed E-state index contributed by atoms with van der Waals surface area (Å²) >= 11 is 3.59. The molecular formula is C36H29F5N4S. The third-order valence-electron chi connectivity index (χ3n) is 7.20. The predicted molar refractivity (Wildman–Crippen MR) is 178 cm³/mol. The van der Waals surface area contributed by atoms with Crippen LogP contribution in [-0.4, -0.2) is 15.7 Å². The summed E-state index contributed by atoms with van der Waals surface area (Å²) in [5.74, 6) is -6.39. The molecule has 0 fully saturated rings. The molecule has 2 aliphatic heterocycles. The van der Waals surface area contributed by atoms with Gasteiger partial charge in [-0.3, -0.25) is 0 Å². The number of thiol groups is 1. The number of rotatable bonds is 3. The maximum Gasteiger partial charge on any atom is 0.175 e. The summed E-state index contributed by atoms with van der Waals surface area (Å²) in [6.45, 7) is 9.79. The number of hydrogen-bond acceptors (Lipinski definition) is 3. The van der Waals surface area contributed by atoms with E-state index in [4.69, 9.17) is 4.99 Å². The van der Waals surface area contributed by atoms with Crippen molar-refractivity contribution < 1.29 is 22.0 Å². The van der Waals surface area contributed by atoms with Gasteiger partial charge in [-0.15, -0.1) is 17.1 Å². The molecule has 234 valence electrons. The number of anilines is 1. The molecular weight excluding hydrogens is 615 g/mol. The van der Waals surface area contributed by atoms with Crippen LogP contribution in [0.3, 0.4) is 0 Å². The summed E-state index contributed by atoms with van der Waals surface area (Å²) in [5.41, 5.74) is 6.02. The second kappa shape index (κ2) is 13.5. The van der Waals surface area contributed by atoms with Crippen LogP contribution in [0.2, 0.25) is 0 Å². The molecule has 0 aliphatic carbocycles. The number of allylic oxidation sites excluding steroid dienone is 6. The zero-order valence-electron chi connectivity index (χ0n) is 25.1. The van der Waals surface area contributed by atoms with Gasteiger partial charge in [0.25, 0.3) is 0 Å². The van der Waals surface area contributed by atoms with E-state index in [0.29, 0.717) is 22.4 Å². The largest absolute Gasteiger partial charge is 0.355 e. The molecule has 0 unspecified atom stereocenters. The molecule has 0 spiro atoms. The Labute approximate surface area is 267 Å². The van der Waals surface area contributed by atoms with E-state index >= 15 is 8.78 Å². The highest BCUT2D eigenvalue weighted by Gasteiger charge is 2.27. The summed E-state index contributed by atoms with van der Waals surface area (Å²) in [5, 5.41) is 0.684. The molecule has 6 bridgehead atoms. The van der Waals surface area contributed by atoms with Crippen molar-refractivity contribution in [3.63, 3.8) is 0 Å². The van der Waals surface area contributed by atoms with E-state index in [-0.39, 0.29) is 16.5 Å². The smallest absolute Gasteiger partial charge is 0.175 e. The molecule has 0 atom stereocenters. The van der Waals surface area contributed by atoms with Crippen molar-refractivity contribution in [2.24, 2.45) is 4.99 Å². The Balaban J connectivity index is 0.00000204. The maximum atomic E-state index is 15.2. The summed E-state index contributed by atoms with van der Waals surface area (Å²) < 4.78 is 72.7. The first-order valence-corrected chi connectivity index (χ1v) is 14.8. The van der Waals surface area contributed by atoms with E-state index < -0.39 is 33.7 Å². The van der Waals surface area contributed by atoms with Crippen molar-refractivity contribution in [1.29, 1.82) is 0 Å². The SMILES string of the molecule is C=C1/C=C\C(C)=C\c2ccc([nH]2)/C(c2ccc(NF)cc2)=C2/C=CC(=N2)/C=c2/cc/c([nH]2)=C/1c1c(F)c(F)c(S)c(F)c1F.CC. The summed E-state index contributed by atoms with van der Waals surface area (Å²) in [6.07, 6.45) is 10.4. The lowest BCUT2D eigenvalue weighted by molar-refractivity contribution is 0.423. The fourth-order valence-corrected chi connectivity index (χ4v) is 5.29. The first-order chi connectivity index (χ1) is 22.1. The Morgan fingerprint density at radius 2 is 1.46 bits per heavy atom. The van der Waals surface area contributed by atoms with Gasteiger partial charge in [0.1, 0.15) is 0 Å². The third-order valence-corrected chi connectivity index (χ3v) is 7.59. The average molecular weight is 645 g/mol. The molecule has 4 aromatic rings. The second-order valence-electron chi connectivity index (χ2n) is 10.2. The highest BCUT2D eigenvalue weighted by atomic mass is 32.1. The molecule has 0 amide bonds. The van der Waals surface area contributed by atoms with Gasteiger partial charge < -0.3 is 9.97 Å². The van der Waals surface area contributed by atoms with Crippen LogP contribution in [0.15, 0.2) is 106 Å². The van der Waals surface area contributed by atoms with Gasteiger partial charge >= 0.3 is 0 Å². The minimum Gasteiger partial charge on any atom is -0.355 e. The fraction of sp³-hybridized carbons (Fsp3) is 0.0833. The van der Waals surface area contributed by atoms with Gasteiger partial charge in [0.05, 0.1) is 27.6 Å². The van der Waals surface area contributed by atoms with Gasteiger partial charge in [-0.05, 0) is 84.3 Å². The van der Waals surface area contributed by atoms with E-state index in [0.717, 1.165) is 28.1 Å². The fourth-order valence-electron chi connectivity index (χ4n) is 5.10. The van der Waals surface area contributed by atoms with E-state index in [1.54, 1.807) is 54.1 Å². The molecule has 0 saturated heterocycles. The Bertz CT molecular complexity index is 2100. The van der Waals surface area contributed by atoms with Gasteiger partial charge in [0.2, 0.25) is 0 Å². The van der Waals surface area contributed by atoms with E-state index in [1.165, 1.54) is 12.1 Å². The van der Waals surface area contributed by atoms with Crippen molar-refractivity contribution in [2.45, 2.75) is 25.7 Å². The normalized spacial score (nSPS) is 19.7. The molecule has 2 aromatic heterocycles. The molecule has 0 radical (unpaired) electrons. The first-order valence-electron chi connectivity index (χ1n) is 14.3. The second-order valence-corrected chi connectivity index (χ2v) is 10.6. The van der Waals surface area contributed by atoms with Crippen molar-refractivity contribution >= 4 is 47.3 Å². The molecule has 46 heavy (non-hydrogen) atoms. The van der Waals surface area contributed by atoms with Crippen molar-refractivity contribution in [2.75, 3.05) is 5.54 Å². The maximum absolute atomic E-state index is 15.2. The van der Waals surface area contributed by atoms with Crippen LogP contribution in [0.5, 0.6) is 0 Å². The highest BCUT2D eigenvalue weighted by molar-refractivity contribution is 7.80. The average Bonchev–Trinajstić information content (AvgIpc) is 3.84. The van der Waals surface area contributed by atoms with Gasteiger partial charge in [0, 0.05) is 33.2 Å². The predicted octanol–water partition coefficient (Wildman–Crippen LogP) is 8.49. The lowest BCUT2D eigenvalue weighted by Crippen LogP contribution is -2.17. The Hall–Kier alpha value is -5.09. The molecule has 6 rings (SSSR count). The number of aromatic nitrogens is 2. The number of benzene rings is 2. The molecule has 3 N–H and O–H groups in total. The number of aromatic amines is 2. The number of aliphatic imine (C=N–C) groups is 1. The minimum atomic E-state index is -1.61. The zero-order chi connectivity index (χ0) is 33.1. The van der Waals surface area contributed by atoms with Crippen LogP contribution in [0.25, 0.3) is 23.3 Å². The quantitative estimate of drug-likeness (QED) is 0.0769. The molecule has 4 nitrogen and oxygen atoms in total. The zero-order valence-corrected chi connectivity index (χ0v) is 26.0. The molecule has 0 saturated carbocycles. The summed E-state index contributed by atoms with van der Waals surface area (Å²) in [6, 6.07) is 13.8. The summed E-state index contributed by atoms with van der Waals surface area (Å²) in [4.78, 5) is 10.2. The van der Waals surface area contributed by atoms with Crippen LogP contribution < -0.4 is 16.2 Å². The lowest BCUT2D eigenvalue weighted by Gasteiger charge is -2.13. The lowest BCUT2D eigenvalue weighted by atomic mass is 9.96. The van der Waals surface area contributed by atoms with Gasteiger partial charge in [-0.2, -0.15) is 0 Å². The number of H-pyrrole nitrogens is 2. The number of nitrogens with zero attached hydrogens (tertiary/aromatic N) is 1. The minimum absolute atomic E-state index is 0.0988. The Morgan fingerprint density at radius 3 is 2.13 bits per heavy atom. The van der Waals surface area contributed by atoms with Crippen LogP contribution in [-0.2, 0) is 0 Å². The topological polar surface area (TPSA) is 56.0 Å². The number of hydrogen-bond donors (Lipinski definition) is 4. The van der Waals surface area contributed by atoms with Crippen LogP contribution >= 0.6 is 12.6 Å². The molecule has 2 aromatic carbocycles. The number of nitrogens with one attached hydrogen (secondary N) is 3. The highest BCUT2D eigenvalue weighted by Crippen LogP contribution is 2.34. The van der Waals surface area contributed by atoms with E-state index in [2.05, 4.69) is 29.2 Å². The van der Waals surface area contributed by atoms with Gasteiger partial charge in [0.15, 0.2) is 23.3 Å². The van der Waals surface area contributed by atoms with Gasteiger partial charge in [-0.1, -0.05) is 44.7 Å². The van der Waals surface area contributed by atoms with E-state index in [1.807, 2.05) is 45.1 Å².